The fourth-order valence-electron chi connectivity index (χ4n) is 2.61. The van der Waals surface area contributed by atoms with E-state index in [9.17, 15) is 0 Å². The summed E-state index contributed by atoms with van der Waals surface area (Å²) in [6, 6.07) is -0.0626. The lowest BCUT2D eigenvalue weighted by Gasteiger charge is -2.25. The summed E-state index contributed by atoms with van der Waals surface area (Å²) in [5.74, 6) is 2.47. The van der Waals surface area contributed by atoms with E-state index in [1.807, 2.05) is 11.7 Å². The molecule has 2 rings (SSSR count). The molecule has 4 nitrogen and oxygen atoms in total. The third-order valence-corrected chi connectivity index (χ3v) is 3.99. The summed E-state index contributed by atoms with van der Waals surface area (Å²) in [4.78, 5) is 4.73. The van der Waals surface area contributed by atoms with E-state index in [-0.39, 0.29) is 11.5 Å². The molecule has 0 saturated heterocycles. The average molecular weight is 250 g/mol. The van der Waals surface area contributed by atoms with E-state index >= 15 is 0 Å². The second-order valence-electron chi connectivity index (χ2n) is 6.63. The van der Waals surface area contributed by atoms with E-state index in [2.05, 4.69) is 25.9 Å². The smallest absolute Gasteiger partial charge is 0.154 e. The van der Waals surface area contributed by atoms with Gasteiger partial charge in [-0.05, 0) is 18.3 Å². The van der Waals surface area contributed by atoms with Crippen LogP contribution in [-0.4, -0.2) is 14.8 Å². The normalized spacial score (nSPS) is 20.1. The van der Waals surface area contributed by atoms with Gasteiger partial charge in [-0.25, -0.2) is 4.98 Å². The summed E-state index contributed by atoms with van der Waals surface area (Å²) in [6.07, 6.45) is 6.44. The van der Waals surface area contributed by atoms with Crippen molar-refractivity contribution >= 4 is 0 Å². The Labute approximate surface area is 110 Å². The van der Waals surface area contributed by atoms with E-state index in [0.29, 0.717) is 5.92 Å². The van der Waals surface area contributed by atoms with Crippen molar-refractivity contribution in [3.63, 3.8) is 0 Å². The Morgan fingerprint density at radius 3 is 2.39 bits per heavy atom. The van der Waals surface area contributed by atoms with E-state index in [0.717, 1.165) is 11.6 Å². The van der Waals surface area contributed by atoms with E-state index in [1.165, 1.54) is 32.1 Å². The molecule has 4 heteroatoms. The first kappa shape index (κ1) is 13.5. The molecular formula is C14H26N4. The van der Waals surface area contributed by atoms with E-state index in [1.54, 1.807) is 0 Å². The van der Waals surface area contributed by atoms with Gasteiger partial charge in [-0.15, -0.1) is 0 Å². The number of aromatic nitrogens is 3. The van der Waals surface area contributed by atoms with Crippen LogP contribution in [0.1, 0.15) is 76.5 Å². The molecule has 1 saturated carbocycles. The maximum atomic E-state index is 6.29. The van der Waals surface area contributed by atoms with Gasteiger partial charge in [0.2, 0.25) is 0 Å². The molecule has 1 fully saturated rings. The minimum atomic E-state index is -0.0626. The minimum Gasteiger partial charge on any atom is -0.321 e. The number of nitrogens with two attached hydrogens (primary N) is 1. The fraction of sp³-hybridized carbons (Fsp3) is 0.857. The zero-order valence-electron chi connectivity index (χ0n) is 12.1. The van der Waals surface area contributed by atoms with Gasteiger partial charge in [-0.3, -0.25) is 4.68 Å². The quantitative estimate of drug-likeness (QED) is 0.878. The molecule has 1 heterocycles. The Kier molecular flexibility index (Phi) is 3.76. The lowest BCUT2D eigenvalue weighted by Crippen LogP contribution is -2.29. The van der Waals surface area contributed by atoms with Crippen LogP contribution in [0.4, 0.5) is 0 Å². The lowest BCUT2D eigenvalue weighted by molar-refractivity contribution is 0.308. The fourth-order valence-corrected chi connectivity index (χ4v) is 2.61. The predicted molar refractivity (Wildman–Crippen MR) is 73.2 cm³/mol. The van der Waals surface area contributed by atoms with Crippen molar-refractivity contribution in [1.82, 2.24) is 14.8 Å². The zero-order valence-corrected chi connectivity index (χ0v) is 12.1. The standard InChI is InChI=1S/C14H26N4/c1-14(2,3)11(15)13-16-12(17-18(13)4)10-8-6-5-7-9-10/h10-11H,5-9,15H2,1-4H3. The van der Waals surface area contributed by atoms with Gasteiger partial charge >= 0.3 is 0 Å². The number of rotatable bonds is 2. The Morgan fingerprint density at radius 1 is 1.22 bits per heavy atom. The summed E-state index contributed by atoms with van der Waals surface area (Å²) >= 11 is 0. The van der Waals surface area contributed by atoms with Gasteiger partial charge in [-0.2, -0.15) is 5.10 Å². The van der Waals surface area contributed by atoms with Crippen LogP contribution in [0.3, 0.4) is 0 Å². The molecule has 1 aromatic rings. The van der Waals surface area contributed by atoms with Crippen LogP contribution in [0.25, 0.3) is 0 Å². The van der Waals surface area contributed by atoms with Crippen LogP contribution < -0.4 is 5.73 Å². The Morgan fingerprint density at radius 2 is 1.83 bits per heavy atom. The SMILES string of the molecule is Cn1nc(C2CCCCC2)nc1C(N)C(C)(C)C. The van der Waals surface area contributed by atoms with Crippen LogP contribution in [0.5, 0.6) is 0 Å². The summed E-state index contributed by atoms with van der Waals surface area (Å²) in [7, 11) is 1.96. The van der Waals surface area contributed by atoms with Crippen molar-refractivity contribution in [2.24, 2.45) is 18.2 Å². The van der Waals surface area contributed by atoms with Crippen molar-refractivity contribution in [1.29, 1.82) is 0 Å². The third-order valence-electron chi connectivity index (χ3n) is 3.99. The first-order valence-electron chi connectivity index (χ1n) is 7.06. The van der Waals surface area contributed by atoms with Crippen LogP contribution >= 0.6 is 0 Å². The molecule has 1 aromatic heterocycles. The molecule has 1 unspecified atom stereocenters. The van der Waals surface area contributed by atoms with Gasteiger partial charge in [0.15, 0.2) is 5.82 Å². The van der Waals surface area contributed by atoms with Crippen molar-refractivity contribution in [2.45, 2.75) is 64.8 Å². The molecule has 0 amide bonds. The van der Waals surface area contributed by atoms with Gasteiger partial charge in [0.05, 0.1) is 6.04 Å². The van der Waals surface area contributed by atoms with Gasteiger partial charge in [0.1, 0.15) is 5.82 Å². The summed E-state index contributed by atoms with van der Waals surface area (Å²) in [5, 5.41) is 4.59. The second-order valence-corrected chi connectivity index (χ2v) is 6.63. The van der Waals surface area contributed by atoms with Crippen molar-refractivity contribution in [3.8, 4) is 0 Å². The van der Waals surface area contributed by atoms with E-state index in [4.69, 9.17) is 10.7 Å². The van der Waals surface area contributed by atoms with Gasteiger partial charge in [0, 0.05) is 13.0 Å². The van der Waals surface area contributed by atoms with Gasteiger partial charge in [-0.1, -0.05) is 40.0 Å². The van der Waals surface area contributed by atoms with Crippen molar-refractivity contribution in [2.75, 3.05) is 0 Å². The second kappa shape index (κ2) is 5.00. The highest BCUT2D eigenvalue weighted by molar-refractivity contribution is 5.05. The lowest BCUT2D eigenvalue weighted by atomic mass is 9.86. The number of hydrogen-bond acceptors (Lipinski definition) is 3. The van der Waals surface area contributed by atoms with Gasteiger partial charge in [0.25, 0.3) is 0 Å². The Balaban J connectivity index is 2.21. The summed E-state index contributed by atoms with van der Waals surface area (Å²) in [6.45, 7) is 6.44. The van der Waals surface area contributed by atoms with Crippen LogP contribution in [0.15, 0.2) is 0 Å². The molecule has 0 aromatic carbocycles. The van der Waals surface area contributed by atoms with Crippen LogP contribution in [0.2, 0.25) is 0 Å². The third kappa shape index (κ3) is 2.74. The highest BCUT2D eigenvalue weighted by Crippen LogP contribution is 2.33. The average Bonchev–Trinajstić information content (AvgIpc) is 2.70. The van der Waals surface area contributed by atoms with E-state index < -0.39 is 0 Å². The zero-order chi connectivity index (χ0) is 13.3. The van der Waals surface area contributed by atoms with Gasteiger partial charge < -0.3 is 5.73 Å². The summed E-state index contributed by atoms with van der Waals surface area (Å²) in [5.41, 5.74) is 6.31. The maximum Gasteiger partial charge on any atom is 0.154 e. The molecule has 0 radical (unpaired) electrons. The molecule has 2 N–H and O–H groups in total. The molecule has 1 aliphatic rings. The molecule has 1 atom stereocenters. The minimum absolute atomic E-state index is 0.0185. The Bertz CT molecular complexity index is 396. The molecule has 0 aliphatic heterocycles. The first-order valence-corrected chi connectivity index (χ1v) is 7.06. The number of aryl methyl sites for hydroxylation is 1. The maximum absolute atomic E-state index is 6.29. The first-order chi connectivity index (χ1) is 8.39. The number of hydrogen-bond donors (Lipinski definition) is 1. The molecule has 0 bridgehead atoms. The largest absolute Gasteiger partial charge is 0.321 e. The monoisotopic (exact) mass is 250 g/mol. The molecule has 1 aliphatic carbocycles. The molecular weight excluding hydrogens is 224 g/mol. The van der Waals surface area contributed by atoms with Crippen molar-refractivity contribution in [3.05, 3.63) is 11.6 Å². The molecule has 0 spiro atoms. The van der Waals surface area contributed by atoms with Crippen LogP contribution in [-0.2, 0) is 7.05 Å². The highest BCUT2D eigenvalue weighted by Gasteiger charge is 2.28. The van der Waals surface area contributed by atoms with Crippen LogP contribution in [0, 0.1) is 5.41 Å². The molecule has 102 valence electrons. The predicted octanol–water partition coefficient (Wildman–Crippen LogP) is 2.91. The highest BCUT2D eigenvalue weighted by atomic mass is 15.3. The molecule has 18 heavy (non-hydrogen) atoms. The van der Waals surface area contributed by atoms with Crippen molar-refractivity contribution < 1.29 is 0 Å². The number of nitrogens with zero attached hydrogens (tertiary/aromatic N) is 3. The Hall–Kier alpha value is -0.900. The summed E-state index contributed by atoms with van der Waals surface area (Å²) < 4.78 is 1.87. The topological polar surface area (TPSA) is 56.7 Å².